The molecule has 0 atom stereocenters. The highest BCUT2D eigenvalue weighted by Gasteiger charge is 2.42. The van der Waals surface area contributed by atoms with E-state index in [0.29, 0.717) is 0 Å². The lowest BCUT2D eigenvalue weighted by Gasteiger charge is -2.44. The van der Waals surface area contributed by atoms with Gasteiger partial charge in [0.15, 0.2) is 0 Å². The molecule has 2 aromatic heterocycles. The molecule has 0 spiro atoms. The fraction of sp³-hybridized carbons (Fsp3) is 0.263. The highest BCUT2D eigenvalue weighted by molar-refractivity contribution is 7.81. The monoisotopic (exact) mass is 403 g/mol. The van der Waals surface area contributed by atoms with Crippen LogP contribution in [0.25, 0.3) is 10.4 Å². The summed E-state index contributed by atoms with van der Waals surface area (Å²) in [6, 6.07) is 8.50. The smallest absolute Gasteiger partial charge is 0.288 e. The van der Waals surface area contributed by atoms with Crippen molar-refractivity contribution >= 4 is 56.9 Å². The first-order valence-corrected chi connectivity index (χ1v) is 10.9. The minimum absolute atomic E-state index is 0.145. The molecule has 6 heteroatoms. The van der Waals surface area contributed by atoms with Crippen molar-refractivity contribution in [3.8, 4) is 10.4 Å². The number of fused-ring (bicyclic) bond motifs is 3. The van der Waals surface area contributed by atoms with Gasteiger partial charge in [-0.3, -0.25) is 4.79 Å². The zero-order valence-corrected chi connectivity index (χ0v) is 17.6. The number of nitrogens with zero attached hydrogens (tertiary/aromatic N) is 1. The summed E-state index contributed by atoms with van der Waals surface area (Å²) in [5, 5.41) is 2.05. The van der Waals surface area contributed by atoms with Crippen molar-refractivity contribution < 1.29 is 0 Å². The van der Waals surface area contributed by atoms with Crippen LogP contribution in [-0.2, 0) is 5.54 Å². The van der Waals surface area contributed by atoms with E-state index in [9.17, 15) is 4.79 Å². The van der Waals surface area contributed by atoms with E-state index in [1.54, 1.807) is 11.3 Å². The third-order valence-electron chi connectivity index (χ3n) is 4.72. The lowest BCUT2D eigenvalue weighted by atomic mass is 9.89. The number of hydrogen-bond acceptors (Lipinski definition) is 5. The van der Waals surface area contributed by atoms with Gasteiger partial charge in [0, 0.05) is 5.56 Å². The Bertz CT molecular complexity index is 1040. The van der Waals surface area contributed by atoms with Gasteiger partial charge in [-0.25, -0.2) is 0 Å². The van der Waals surface area contributed by atoms with E-state index < -0.39 is 0 Å². The molecule has 0 unspecified atom stereocenters. The number of thiophene rings is 1. The SMILES string of the molecule is Cc1cc2c(cc1C)N(C(=S)c1cccs1)C(C)(C)c1sc(=O)sc1-2. The van der Waals surface area contributed by atoms with Crippen LogP contribution in [0.3, 0.4) is 0 Å². The Morgan fingerprint density at radius 1 is 1.16 bits per heavy atom. The van der Waals surface area contributed by atoms with Crippen LogP contribution >= 0.6 is 46.2 Å². The number of aryl methyl sites for hydroxylation is 2. The molecule has 0 saturated carbocycles. The van der Waals surface area contributed by atoms with E-state index in [1.807, 2.05) is 11.4 Å². The van der Waals surface area contributed by atoms with Crippen LogP contribution < -0.4 is 8.96 Å². The lowest BCUT2D eigenvalue weighted by molar-refractivity contribution is 0.559. The van der Waals surface area contributed by atoms with Gasteiger partial charge in [0.2, 0.25) is 0 Å². The molecule has 3 aromatic rings. The summed E-state index contributed by atoms with van der Waals surface area (Å²) in [4.78, 5) is 18.5. The molecule has 3 heterocycles. The van der Waals surface area contributed by atoms with E-state index in [2.05, 4.69) is 50.8 Å². The van der Waals surface area contributed by atoms with Gasteiger partial charge in [-0.15, -0.1) is 11.3 Å². The fourth-order valence-electron chi connectivity index (χ4n) is 3.30. The van der Waals surface area contributed by atoms with Crippen LogP contribution in [0.4, 0.5) is 5.69 Å². The molecular formula is C19H17NOS4. The molecule has 0 saturated heterocycles. The van der Waals surface area contributed by atoms with Gasteiger partial charge < -0.3 is 4.90 Å². The average Bonchev–Trinajstić information content (AvgIpc) is 3.19. The Balaban J connectivity index is 2.04. The minimum Gasteiger partial charge on any atom is -0.320 e. The first kappa shape index (κ1) is 17.1. The van der Waals surface area contributed by atoms with Crippen molar-refractivity contribution in [2.75, 3.05) is 4.90 Å². The molecule has 0 bridgehead atoms. The quantitative estimate of drug-likeness (QED) is 0.469. The number of thiocarbonyl (C=S) groups is 1. The molecular weight excluding hydrogens is 386 g/mol. The first-order chi connectivity index (χ1) is 11.8. The topological polar surface area (TPSA) is 20.3 Å². The summed E-state index contributed by atoms with van der Waals surface area (Å²) in [6.07, 6.45) is 0. The maximum absolute atomic E-state index is 12.2. The van der Waals surface area contributed by atoms with Crippen LogP contribution in [0.2, 0.25) is 0 Å². The predicted octanol–water partition coefficient (Wildman–Crippen LogP) is 5.95. The number of hydrogen-bond donors (Lipinski definition) is 0. The molecule has 2 nitrogen and oxygen atoms in total. The van der Waals surface area contributed by atoms with Gasteiger partial charge in [0.05, 0.1) is 25.9 Å². The van der Waals surface area contributed by atoms with Crippen molar-refractivity contribution in [2.45, 2.75) is 33.2 Å². The Morgan fingerprint density at radius 3 is 2.56 bits per heavy atom. The van der Waals surface area contributed by atoms with E-state index in [-0.39, 0.29) is 9.60 Å². The molecule has 0 radical (unpaired) electrons. The molecule has 1 aliphatic rings. The van der Waals surface area contributed by atoms with E-state index in [4.69, 9.17) is 12.2 Å². The molecule has 0 fully saturated rings. The Morgan fingerprint density at radius 2 is 1.88 bits per heavy atom. The van der Waals surface area contributed by atoms with Crippen LogP contribution in [-0.4, -0.2) is 4.99 Å². The van der Waals surface area contributed by atoms with Crippen LogP contribution in [0.15, 0.2) is 34.4 Å². The van der Waals surface area contributed by atoms with E-state index in [0.717, 1.165) is 30.9 Å². The summed E-state index contributed by atoms with van der Waals surface area (Å²) in [5.74, 6) is 0. The molecule has 4 rings (SSSR count). The second-order valence-corrected chi connectivity index (χ2v) is 10.3. The molecule has 1 aromatic carbocycles. The largest absolute Gasteiger partial charge is 0.320 e. The number of benzene rings is 1. The zero-order valence-electron chi connectivity index (χ0n) is 14.4. The maximum atomic E-state index is 12.2. The zero-order chi connectivity index (χ0) is 17.9. The number of rotatable bonds is 1. The number of anilines is 1. The highest BCUT2D eigenvalue weighted by atomic mass is 32.2. The van der Waals surface area contributed by atoms with Crippen LogP contribution in [0.5, 0.6) is 0 Å². The first-order valence-electron chi connectivity index (χ1n) is 7.95. The average molecular weight is 404 g/mol. The summed E-state index contributed by atoms with van der Waals surface area (Å²) < 4.78 is 0.145. The van der Waals surface area contributed by atoms with E-state index in [1.165, 1.54) is 33.8 Å². The summed E-state index contributed by atoms with van der Waals surface area (Å²) in [7, 11) is 0. The van der Waals surface area contributed by atoms with Gasteiger partial charge in [-0.1, -0.05) is 41.0 Å². The predicted molar refractivity (Wildman–Crippen MR) is 115 cm³/mol. The maximum Gasteiger partial charge on any atom is 0.288 e. The van der Waals surface area contributed by atoms with Gasteiger partial charge >= 0.3 is 0 Å². The normalized spacial score (nSPS) is 15.0. The highest BCUT2D eigenvalue weighted by Crippen LogP contribution is 2.51. The van der Waals surface area contributed by atoms with E-state index >= 15 is 0 Å². The van der Waals surface area contributed by atoms with Crippen molar-refractivity contribution in [2.24, 2.45) is 0 Å². The van der Waals surface area contributed by atoms with Crippen molar-refractivity contribution in [1.82, 2.24) is 0 Å². The molecule has 128 valence electrons. The van der Waals surface area contributed by atoms with Crippen molar-refractivity contribution in [3.05, 3.63) is 59.4 Å². The Kier molecular flexibility index (Phi) is 3.99. The van der Waals surface area contributed by atoms with Crippen molar-refractivity contribution in [3.63, 3.8) is 0 Å². The second-order valence-electron chi connectivity index (χ2n) is 6.74. The second kappa shape index (κ2) is 5.84. The van der Waals surface area contributed by atoms with Gasteiger partial charge in [-0.2, -0.15) is 0 Å². The van der Waals surface area contributed by atoms with Gasteiger partial charge in [0.1, 0.15) is 4.99 Å². The van der Waals surface area contributed by atoms with Crippen LogP contribution in [0, 0.1) is 13.8 Å². The molecule has 1 aliphatic heterocycles. The Labute approximate surface area is 164 Å². The van der Waals surface area contributed by atoms with Gasteiger partial charge in [-0.05, 0) is 62.4 Å². The minimum atomic E-state index is -0.352. The Hall–Kier alpha value is -1.34. The molecule has 0 aliphatic carbocycles. The fourth-order valence-corrected chi connectivity index (χ4v) is 6.91. The summed E-state index contributed by atoms with van der Waals surface area (Å²) in [6.45, 7) is 8.56. The summed E-state index contributed by atoms with van der Waals surface area (Å²) >= 11 is 10.3. The molecule has 25 heavy (non-hydrogen) atoms. The lowest BCUT2D eigenvalue weighted by Crippen LogP contribution is -2.47. The molecule has 0 N–H and O–H groups in total. The van der Waals surface area contributed by atoms with Crippen LogP contribution in [0.1, 0.15) is 34.7 Å². The van der Waals surface area contributed by atoms with Crippen molar-refractivity contribution in [1.29, 1.82) is 0 Å². The summed E-state index contributed by atoms with van der Waals surface area (Å²) in [5.41, 5.74) is 4.35. The van der Waals surface area contributed by atoms with Gasteiger partial charge in [0.25, 0.3) is 4.06 Å². The molecule has 0 amide bonds. The third kappa shape index (κ3) is 2.54. The third-order valence-corrected chi connectivity index (χ3v) is 8.63. The standard InChI is InChI=1S/C19H17NOS4/c1-10-8-12-13(9-11(10)2)20(17(22)14-6-5-7-23-14)19(3,4)16-15(12)24-18(21)25-16/h5-9H,1-4H3.